The van der Waals surface area contributed by atoms with Gasteiger partial charge < -0.3 is 5.73 Å². The van der Waals surface area contributed by atoms with E-state index < -0.39 is 0 Å². The molecule has 9 nitrogen and oxygen atoms in total. The van der Waals surface area contributed by atoms with E-state index in [4.69, 9.17) is 15.7 Å². The first kappa shape index (κ1) is 35.1. The molecule has 4 aromatic carbocycles. The first-order valence-electron chi connectivity index (χ1n) is 17.3. The Morgan fingerprint density at radius 3 is 1.20 bits per heavy atom. The van der Waals surface area contributed by atoms with Gasteiger partial charge in [-0.15, -0.1) is 0 Å². The van der Waals surface area contributed by atoms with Crippen molar-refractivity contribution in [2.24, 2.45) is 5.73 Å². The van der Waals surface area contributed by atoms with Crippen LogP contribution >= 0.6 is 0 Å². The molecule has 0 bridgehead atoms. The van der Waals surface area contributed by atoms with E-state index in [2.05, 4.69) is 90.3 Å². The summed E-state index contributed by atoms with van der Waals surface area (Å²) < 4.78 is 0. The molecular formula is C45H29N9Ru. The summed E-state index contributed by atoms with van der Waals surface area (Å²) in [4.78, 5) is 36.2. The summed E-state index contributed by atoms with van der Waals surface area (Å²) in [6, 6.07) is 37.9. The Balaban J connectivity index is 0.000000125. The monoisotopic (exact) mass is 797 g/mol. The summed E-state index contributed by atoms with van der Waals surface area (Å²) in [6.45, 7) is 0.330. The van der Waals surface area contributed by atoms with E-state index in [1.807, 2.05) is 66.7 Å². The fourth-order valence-electron chi connectivity index (χ4n) is 6.59. The first-order valence-corrected chi connectivity index (χ1v) is 17.3. The number of fused-ring (bicyclic) bond motifs is 13. The number of hydrogen-bond acceptors (Lipinski definition) is 9. The van der Waals surface area contributed by atoms with Crippen LogP contribution in [0, 0.1) is 11.8 Å². The molecule has 2 N–H and O–H groups in total. The quantitative estimate of drug-likeness (QED) is 0.0693. The fraction of sp³-hybridized carbons (Fsp3) is 0.0222. The van der Waals surface area contributed by atoms with Gasteiger partial charge in [0, 0.05) is 94.5 Å². The van der Waals surface area contributed by atoms with Gasteiger partial charge in [-0.1, -0.05) is 60.4 Å². The van der Waals surface area contributed by atoms with Gasteiger partial charge in [0.1, 0.15) is 0 Å². The van der Waals surface area contributed by atoms with Gasteiger partial charge in [-0.25, -0.2) is 9.97 Å². The fourth-order valence-corrected chi connectivity index (χ4v) is 6.59. The number of hydrogen-bond donors (Lipinski definition) is 1. The number of nitrogens with two attached hydrogens (primary N) is 1. The largest absolute Gasteiger partial charge is 0.320 e. The second-order valence-corrected chi connectivity index (χ2v) is 12.4. The van der Waals surface area contributed by atoms with Gasteiger partial charge in [0.15, 0.2) is 0 Å². The second kappa shape index (κ2) is 15.6. The molecule has 0 fully saturated rings. The van der Waals surface area contributed by atoms with Crippen molar-refractivity contribution in [1.82, 2.24) is 39.9 Å². The molecule has 0 amide bonds. The predicted octanol–water partition coefficient (Wildman–Crippen LogP) is 8.75. The molecule has 0 aliphatic carbocycles. The summed E-state index contributed by atoms with van der Waals surface area (Å²) in [6.07, 6.45) is 10.8. The zero-order chi connectivity index (χ0) is 36.3. The minimum Gasteiger partial charge on any atom is -0.320 e. The average Bonchev–Trinajstić information content (AvgIpc) is 3.25. The first-order chi connectivity index (χ1) is 26.7. The normalized spacial score (nSPS) is 10.8. The number of nitrogens with zero attached hydrogens (tertiary/aromatic N) is 8. The van der Waals surface area contributed by atoms with E-state index in [0.29, 0.717) is 6.54 Å². The molecular weight excluding hydrogens is 768 g/mol. The van der Waals surface area contributed by atoms with E-state index in [0.717, 1.165) is 93.0 Å². The average molecular weight is 797 g/mol. The van der Waals surface area contributed by atoms with Crippen LogP contribution in [0.15, 0.2) is 152 Å². The van der Waals surface area contributed by atoms with Crippen LogP contribution in [-0.4, -0.2) is 46.4 Å². The molecule has 7 heterocycles. The molecule has 0 unspecified atom stereocenters. The van der Waals surface area contributed by atoms with Gasteiger partial charge in [0.2, 0.25) is 0 Å². The molecule has 0 aliphatic rings. The van der Waals surface area contributed by atoms with Crippen molar-refractivity contribution in [2.45, 2.75) is 0 Å². The molecule has 11 aromatic rings. The third-order valence-electron chi connectivity index (χ3n) is 9.04. The molecule has 0 spiro atoms. The Morgan fingerprint density at radius 2 is 0.782 bits per heavy atom. The van der Waals surface area contributed by atoms with Crippen LogP contribution in [0.4, 0.5) is 0 Å². The topological polar surface area (TPSA) is 129 Å². The van der Waals surface area contributed by atoms with Gasteiger partial charge in [0.25, 0.3) is 0 Å². The van der Waals surface area contributed by atoms with Crippen LogP contribution in [0.1, 0.15) is 5.56 Å². The van der Waals surface area contributed by atoms with Crippen molar-refractivity contribution in [2.75, 3.05) is 6.54 Å². The third-order valence-corrected chi connectivity index (χ3v) is 9.04. The minimum absolute atomic E-state index is 0. The van der Waals surface area contributed by atoms with E-state index >= 15 is 0 Å². The van der Waals surface area contributed by atoms with Crippen molar-refractivity contribution in [3.63, 3.8) is 0 Å². The zero-order valence-electron chi connectivity index (χ0n) is 29.1. The van der Waals surface area contributed by atoms with Crippen molar-refractivity contribution < 1.29 is 19.5 Å². The zero-order valence-corrected chi connectivity index (χ0v) is 30.9. The van der Waals surface area contributed by atoms with E-state index in [-0.39, 0.29) is 19.5 Å². The number of pyridine rings is 6. The third kappa shape index (κ3) is 6.86. The molecule has 262 valence electrons. The molecule has 10 heteroatoms. The van der Waals surface area contributed by atoms with E-state index in [1.165, 1.54) is 0 Å². The maximum Gasteiger partial charge on any atom is 0.0996 e. The van der Waals surface area contributed by atoms with Crippen LogP contribution in [0.3, 0.4) is 0 Å². The van der Waals surface area contributed by atoms with Crippen molar-refractivity contribution in [3.8, 4) is 11.8 Å². The van der Waals surface area contributed by atoms with Gasteiger partial charge in [-0.2, -0.15) is 0 Å². The summed E-state index contributed by atoms with van der Waals surface area (Å²) >= 11 is 0. The van der Waals surface area contributed by atoms with E-state index in [1.54, 1.807) is 37.2 Å². The Morgan fingerprint density at radius 1 is 0.400 bits per heavy atom. The summed E-state index contributed by atoms with van der Waals surface area (Å²) in [7, 11) is 0. The van der Waals surface area contributed by atoms with E-state index in [9.17, 15) is 0 Å². The van der Waals surface area contributed by atoms with Crippen LogP contribution in [0.5, 0.6) is 0 Å². The maximum absolute atomic E-state index is 5.46. The molecule has 0 atom stereocenters. The van der Waals surface area contributed by atoms with Crippen molar-refractivity contribution in [3.05, 3.63) is 158 Å². The van der Waals surface area contributed by atoms with Gasteiger partial charge in [-0.05, 0) is 66.7 Å². The summed E-state index contributed by atoms with van der Waals surface area (Å²) in [5, 5.41) is 6.45. The Labute approximate surface area is 327 Å². The predicted molar refractivity (Wildman–Crippen MR) is 218 cm³/mol. The standard InChI is InChI=1S/C21H13N5.2C12H8N2.Ru/c22-9-1-4-13-7-8-16-17(12-13)26-21-15-6-3-11-24-19(15)18-14(20(21)25-16)5-2-10-23-18;2*1-3-9-5-6-10-4-2-8-14-12(10)11(9)13-7-1;/h2-3,5-8,10-12H,9,22H2;2*1-8H;. The Hall–Kier alpha value is -6.92. The summed E-state index contributed by atoms with van der Waals surface area (Å²) in [5.41, 5.74) is 15.2. The van der Waals surface area contributed by atoms with Crippen LogP contribution in [-0.2, 0) is 19.5 Å². The van der Waals surface area contributed by atoms with Crippen LogP contribution < -0.4 is 5.73 Å². The molecule has 0 saturated carbocycles. The van der Waals surface area contributed by atoms with Gasteiger partial charge in [0.05, 0.1) is 61.7 Å². The molecule has 0 aliphatic heterocycles. The number of benzene rings is 4. The van der Waals surface area contributed by atoms with Crippen molar-refractivity contribution >= 4 is 87.5 Å². The Bertz CT molecular complexity index is 3030. The number of aromatic nitrogens is 8. The minimum atomic E-state index is 0. The summed E-state index contributed by atoms with van der Waals surface area (Å²) in [5.74, 6) is 5.92. The van der Waals surface area contributed by atoms with Gasteiger partial charge >= 0.3 is 0 Å². The van der Waals surface area contributed by atoms with Crippen LogP contribution in [0.2, 0.25) is 0 Å². The van der Waals surface area contributed by atoms with Crippen LogP contribution in [0.25, 0.3) is 87.5 Å². The molecule has 11 rings (SSSR count). The SMILES string of the molecule is NCC#Cc1ccc2nc3c4cccnc4c4ncccc4c3nc2c1.[Ru].c1cnc2c(c1)ccc1cccnc12.c1cnc2c(c1)ccc1cccnc12. The molecule has 55 heavy (non-hydrogen) atoms. The van der Waals surface area contributed by atoms with Gasteiger partial charge in [-0.3, -0.25) is 29.9 Å². The second-order valence-electron chi connectivity index (χ2n) is 12.4. The molecule has 0 saturated heterocycles. The molecule has 0 radical (unpaired) electrons. The maximum atomic E-state index is 5.46. The smallest absolute Gasteiger partial charge is 0.0996 e. The Kier molecular flexibility index (Phi) is 9.96. The molecule has 7 aromatic heterocycles. The van der Waals surface area contributed by atoms with Crippen molar-refractivity contribution in [1.29, 1.82) is 0 Å². The number of rotatable bonds is 0.